The molecular weight excluding hydrogens is 400 g/mol. The second-order valence-electron chi connectivity index (χ2n) is 6.37. The molecule has 1 N–H and O–H groups in total. The molecule has 0 saturated carbocycles. The van der Waals surface area contributed by atoms with Crippen LogP contribution in [0.1, 0.15) is 24.1 Å². The van der Waals surface area contributed by atoms with Crippen LogP contribution in [0.4, 0.5) is 0 Å². The van der Waals surface area contributed by atoms with Gasteiger partial charge in [-0.1, -0.05) is 18.2 Å². The number of amides is 1. The molecule has 1 fully saturated rings. The highest BCUT2D eigenvalue weighted by Crippen LogP contribution is 2.27. The lowest BCUT2D eigenvalue weighted by Crippen LogP contribution is -2.27. The third-order valence-corrected chi connectivity index (χ3v) is 8.84. The zero-order chi connectivity index (χ0) is 19.1. The van der Waals surface area contributed by atoms with Crippen LogP contribution < -0.4 is 5.32 Å². The van der Waals surface area contributed by atoms with Gasteiger partial charge in [0.1, 0.15) is 4.21 Å². The van der Waals surface area contributed by atoms with Crippen LogP contribution in [-0.2, 0) is 21.2 Å². The van der Waals surface area contributed by atoms with Gasteiger partial charge in [-0.25, -0.2) is 8.42 Å². The second kappa shape index (κ2) is 9.73. The number of thioether (sulfide) groups is 1. The number of carbonyl (C=O) groups is 1. The van der Waals surface area contributed by atoms with E-state index in [-0.39, 0.29) is 12.3 Å². The molecule has 0 atom stereocenters. The molecule has 0 unspecified atom stereocenters. The fourth-order valence-corrected chi connectivity index (χ4v) is 6.77. The van der Waals surface area contributed by atoms with E-state index >= 15 is 0 Å². The van der Waals surface area contributed by atoms with Crippen molar-refractivity contribution in [2.75, 3.05) is 25.4 Å². The smallest absolute Gasteiger partial charge is 0.252 e. The fraction of sp³-hybridized carbons (Fsp3) is 0.421. The number of sulfonamides is 1. The minimum absolute atomic E-state index is 0.0633. The van der Waals surface area contributed by atoms with Crippen molar-refractivity contribution < 1.29 is 13.2 Å². The quantitative estimate of drug-likeness (QED) is 0.495. The summed E-state index contributed by atoms with van der Waals surface area (Å²) in [5.41, 5.74) is 0. The first kappa shape index (κ1) is 20.4. The number of hydrogen-bond donors (Lipinski definition) is 1. The maximum Gasteiger partial charge on any atom is 0.252 e. The predicted molar refractivity (Wildman–Crippen MR) is 111 cm³/mol. The van der Waals surface area contributed by atoms with E-state index in [1.165, 1.54) is 20.5 Å². The Morgan fingerprint density at radius 3 is 2.59 bits per heavy atom. The van der Waals surface area contributed by atoms with Crippen LogP contribution in [-0.4, -0.2) is 44.0 Å². The third kappa shape index (κ3) is 5.81. The van der Waals surface area contributed by atoms with Crippen molar-refractivity contribution >= 4 is 39.0 Å². The minimum atomic E-state index is -3.39. The Kier molecular flexibility index (Phi) is 7.34. The molecule has 2 aromatic rings. The molecule has 0 spiro atoms. The van der Waals surface area contributed by atoms with Gasteiger partial charge in [0.05, 0.1) is 6.42 Å². The zero-order valence-electron chi connectivity index (χ0n) is 15.1. The summed E-state index contributed by atoms with van der Waals surface area (Å²) in [5.74, 6) is 0.883. The van der Waals surface area contributed by atoms with E-state index in [1.54, 1.807) is 23.9 Å². The molecule has 0 aliphatic carbocycles. The first-order chi connectivity index (χ1) is 13.1. The van der Waals surface area contributed by atoms with Crippen LogP contribution in [0.25, 0.3) is 0 Å². The highest BCUT2D eigenvalue weighted by Gasteiger charge is 2.28. The van der Waals surface area contributed by atoms with Gasteiger partial charge in [-0.3, -0.25) is 4.79 Å². The highest BCUT2D eigenvalue weighted by molar-refractivity contribution is 7.99. The molecule has 1 aromatic carbocycles. The largest absolute Gasteiger partial charge is 0.356 e. The van der Waals surface area contributed by atoms with Gasteiger partial charge < -0.3 is 5.32 Å². The van der Waals surface area contributed by atoms with E-state index in [0.29, 0.717) is 23.8 Å². The molecule has 8 heteroatoms. The standard InChI is InChI=1S/C19H24N2O3S3/c22-18(20-11-6-14-25-16-7-2-1-3-8-16)15-17-9-10-19(26-17)27(23,24)21-12-4-5-13-21/h1-3,7-10H,4-6,11-15H2,(H,20,22). The van der Waals surface area contributed by atoms with Gasteiger partial charge in [-0.05, 0) is 49.3 Å². The molecule has 0 bridgehead atoms. The summed E-state index contributed by atoms with van der Waals surface area (Å²) < 4.78 is 26.9. The maximum atomic E-state index is 12.5. The summed E-state index contributed by atoms with van der Waals surface area (Å²) in [6.07, 6.45) is 2.96. The molecule has 1 aliphatic heterocycles. The fourth-order valence-electron chi connectivity index (χ4n) is 2.88. The van der Waals surface area contributed by atoms with Gasteiger partial charge in [0.2, 0.25) is 5.91 Å². The van der Waals surface area contributed by atoms with Gasteiger partial charge in [-0.15, -0.1) is 23.1 Å². The molecule has 146 valence electrons. The van der Waals surface area contributed by atoms with Crippen molar-refractivity contribution in [1.82, 2.24) is 9.62 Å². The Morgan fingerprint density at radius 1 is 1.11 bits per heavy atom. The van der Waals surface area contributed by atoms with Crippen molar-refractivity contribution in [3.8, 4) is 0 Å². The Bertz CT molecular complexity index is 844. The average molecular weight is 425 g/mol. The Hall–Kier alpha value is -1.35. The molecule has 27 heavy (non-hydrogen) atoms. The van der Waals surface area contributed by atoms with Gasteiger partial charge in [0.25, 0.3) is 10.0 Å². The monoisotopic (exact) mass is 424 g/mol. The van der Waals surface area contributed by atoms with Crippen molar-refractivity contribution in [3.05, 3.63) is 47.3 Å². The maximum absolute atomic E-state index is 12.5. The topological polar surface area (TPSA) is 66.5 Å². The number of carbonyl (C=O) groups excluding carboxylic acids is 1. The number of hydrogen-bond acceptors (Lipinski definition) is 5. The first-order valence-corrected chi connectivity index (χ1v) is 12.3. The predicted octanol–water partition coefficient (Wildman–Crippen LogP) is 3.37. The Labute approximate surface area is 169 Å². The van der Waals surface area contributed by atoms with E-state index in [9.17, 15) is 13.2 Å². The molecule has 1 amide bonds. The Balaban J connectivity index is 1.40. The average Bonchev–Trinajstić information content (AvgIpc) is 3.35. The molecule has 5 nitrogen and oxygen atoms in total. The van der Waals surface area contributed by atoms with E-state index in [1.807, 2.05) is 18.2 Å². The molecule has 2 heterocycles. The lowest BCUT2D eigenvalue weighted by atomic mass is 10.3. The van der Waals surface area contributed by atoms with Crippen LogP contribution in [0, 0.1) is 0 Å². The van der Waals surface area contributed by atoms with E-state index < -0.39 is 10.0 Å². The van der Waals surface area contributed by atoms with Gasteiger partial charge in [0.15, 0.2) is 0 Å². The summed E-state index contributed by atoms with van der Waals surface area (Å²) >= 11 is 2.97. The number of nitrogens with zero attached hydrogens (tertiary/aromatic N) is 1. The summed E-state index contributed by atoms with van der Waals surface area (Å²) in [7, 11) is -3.39. The Morgan fingerprint density at radius 2 is 1.85 bits per heavy atom. The van der Waals surface area contributed by atoms with Crippen molar-refractivity contribution in [2.24, 2.45) is 0 Å². The van der Waals surface area contributed by atoms with Crippen LogP contribution in [0.3, 0.4) is 0 Å². The van der Waals surface area contributed by atoms with E-state index in [0.717, 1.165) is 29.9 Å². The number of rotatable bonds is 9. The first-order valence-electron chi connectivity index (χ1n) is 9.09. The summed E-state index contributed by atoms with van der Waals surface area (Å²) in [6, 6.07) is 13.6. The molecule has 1 saturated heterocycles. The summed E-state index contributed by atoms with van der Waals surface area (Å²) in [4.78, 5) is 14.1. The van der Waals surface area contributed by atoms with E-state index in [2.05, 4.69) is 17.4 Å². The molecule has 1 aliphatic rings. The van der Waals surface area contributed by atoms with Crippen LogP contribution in [0.2, 0.25) is 0 Å². The zero-order valence-corrected chi connectivity index (χ0v) is 17.5. The molecule has 1 aromatic heterocycles. The molecule has 3 rings (SSSR count). The minimum Gasteiger partial charge on any atom is -0.356 e. The third-order valence-electron chi connectivity index (χ3n) is 4.29. The van der Waals surface area contributed by atoms with Crippen LogP contribution >= 0.6 is 23.1 Å². The lowest BCUT2D eigenvalue weighted by Gasteiger charge is -2.13. The summed E-state index contributed by atoms with van der Waals surface area (Å²) in [6.45, 7) is 1.82. The number of thiophene rings is 1. The van der Waals surface area contributed by atoms with E-state index in [4.69, 9.17) is 0 Å². The van der Waals surface area contributed by atoms with Gasteiger partial charge in [-0.2, -0.15) is 4.31 Å². The van der Waals surface area contributed by atoms with Crippen molar-refractivity contribution in [2.45, 2.75) is 34.8 Å². The van der Waals surface area contributed by atoms with Crippen molar-refractivity contribution in [3.63, 3.8) is 0 Å². The lowest BCUT2D eigenvalue weighted by molar-refractivity contribution is -0.120. The van der Waals surface area contributed by atoms with Crippen LogP contribution in [0.5, 0.6) is 0 Å². The second-order valence-corrected chi connectivity index (χ2v) is 10.9. The SMILES string of the molecule is O=C(Cc1ccc(S(=O)(=O)N2CCCC2)s1)NCCCSc1ccccc1. The highest BCUT2D eigenvalue weighted by atomic mass is 32.2. The van der Waals surface area contributed by atoms with Crippen molar-refractivity contribution in [1.29, 1.82) is 0 Å². The number of nitrogens with one attached hydrogen (secondary N) is 1. The number of benzene rings is 1. The molecular formula is C19H24N2O3S3. The summed E-state index contributed by atoms with van der Waals surface area (Å²) in [5, 5.41) is 2.92. The van der Waals surface area contributed by atoms with Crippen LogP contribution in [0.15, 0.2) is 51.6 Å². The van der Waals surface area contributed by atoms with Gasteiger partial charge in [0, 0.05) is 29.4 Å². The molecule has 0 radical (unpaired) electrons. The van der Waals surface area contributed by atoms with Gasteiger partial charge >= 0.3 is 0 Å². The normalized spacial score (nSPS) is 15.1.